The number of benzene rings is 3. The smallest absolute Gasteiger partial charge is 0.308 e. The molecular weight excluding hydrogens is 497 g/mol. The number of halogens is 1. The molecule has 0 unspecified atom stereocenters. The number of aromatic nitrogens is 3. The Labute approximate surface area is 224 Å². The molecule has 6 rings (SSSR count). The van der Waals surface area contributed by atoms with Crippen molar-refractivity contribution in [1.82, 2.24) is 19.2 Å². The molecular formula is C30H26FN5OS. The van der Waals surface area contributed by atoms with E-state index in [0.29, 0.717) is 12.2 Å². The summed E-state index contributed by atoms with van der Waals surface area (Å²) < 4.78 is 17.6. The normalized spacial score (nSPS) is 14.5. The van der Waals surface area contributed by atoms with Crippen LogP contribution in [-0.4, -0.2) is 31.5 Å². The first-order chi connectivity index (χ1) is 18.5. The molecule has 0 aliphatic carbocycles. The van der Waals surface area contributed by atoms with Gasteiger partial charge in [0.05, 0.1) is 29.7 Å². The first-order valence-corrected chi connectivity index (χ1v) is 13.5. The lowest BCUT2D eigenvalue weighted by atomic mass is 10.0. The van der Waals surface area contributed by atoms with Crippen molar-refractivity contribution in [1.29, 1.82) is 0 Å². The van der Waals surface area contributed by atoms with E-state index in [1.807, 2.05) is 65.4 Å². The summed E-state index contributed by atoms with van der Waals surface area (Å²) in [5, 5.41) is 7.86. The zero-order valence-corrected chi connectivity index (χ0v) is 21.8. The number of thioether (sulfide) groups is 1. The van der Waals surface area contributed by atoms with Crippen molar-refractivity contribution < 1.29 is 9.18 Å². The Morgan fingerprint density at radius 3 is 2.42 bits per heavy atom. The lowest BCUT2D eigenvalue weighted by molar-refractivity contribution is 0.194. The highest BCUT2D eigenvalue weighted by atomic mass is 32.2. The summed E-state index contributed by atoms with van der Waals surface area (Å²) in [7, 11) is 0. The third-order valence-electron chi connectivity index (χ3n) is 6.87. The van der Waals surface area contributed by atoms with E-state index in [0.717, 1.165) is 38.9 Å². The van der Waals surface area contributed by atoms with Crippen molar-refractivity contribution in [2.45, 2.75) is 24.4 Å². The molecule has 0 saturated heterocycles. The van der Waals surface area contributed by atoms with Gasteiger partial charge >= 0.3 is 6.03 Å². The number of urea groups is 1. The molecule has 1 aliphatic rings. The maximum absolute atomic E-state index is 13.9. The van der Waals surface area contributed by atoms with E-state index >= 15 is 0 Å². The second kappa shape index (κ2) is 9.87. The van der Waals surface area contributed by atoms with Crippen LogP contribution in [0.5, 0.6) is 0 Å². The number of carbonyl (C=O) groups is 1. The molecule has 5 aromatic rings. The Balaban J connectivity index is 1.52. The minimum atomic E-state index is -0.364. The number of rotatable bonds is 4. The number of hydrogen-bond acceptors (Lipinski definition) is 3. The molecule has 0 bridgehead atoms. The van der Waals surface area contributed by atoms with E-state index < -0.39 is 0 Å². The van der Waals surface area contributed by atoms with Gasteiger partial charge in [-0.05, 0) is 79.4 Å². The highest BCUT2D eigenvalue weighted by Gasteiger charge is 2.36. The Bertz CT molecular complexity index is 1590. The molecule has 3 aromatic carbocycles. The van der Waals surface area contributed by atoms with Crippen LogP contribution < -0.4 is 5.32 Å². The van der Waals surface area contributed by atoms with Gasteiger partial charge in [-0.25, -0.2) is 13.9 Å². The summed E-state index contributed by atoms with van der Waals surface area (Å²) in [6.45, 7) is 2.32. The molecule has 6 nitrogen and oxygen atoms in total. The summed E-state index contributed by atoms with van der Waals surface area (Å²) in [5.41, 5.74) is 5.24. The van der Waals surface area contributed by atoms with Crippen LogP contribution in [0.1, 0.15) is 28.6 Å². The van der Waals surface area contributed by atoms with Crippen LogP contribution >= 0.6 is 11.8 Å². The van der Waals surface area contributed by atoms with Gasteiger partial charge in [0, 0.05) is 22.3 Å². The zero-order chi connectivity index (χ0) is 26.2. The van der Waals surface area contributed by atoms with E-state index in [1.54, 1.807) is 23.9 Å². The number of amides is 2. The number of para-hydroxylation sites is 1. The third kappa shape index (κ3) is 4.26. The lowest BCUT2D eigenvalue weighted by Crippen LogP contribution is -2.38. The van der Waals surface area contributed by atoms with E-state index in [1.165, 1.54) is 12.1 Å². The molecule has 1 atom stereocenters. The van der Waals surface area contributed by atoms with Crippen molar-refractivity contribution in [3.63, 3.8) is 0 Å². The fourth-order valence-electron chi connectivity index (χ4n) is 5.01. The minimum absolute atomic E-state index is 0.275. The van der Waals surface area contributed by atoms with E-state index in [9.17, 15) is 9.18 Å². The molecule has 190 valence electrons. The van der Waals surface area contributed by atoms with Crippen molar-refractivity contribution in [3.8, 4) is 11.5 Å². The van der Waals surface area contributed by atoms with Gasteiger partial charge in [0.25, 0.3) is 0 Å². The standard InChI is InChI=1S/C30H26FN5OS/c1-20-26-19-35(30(37)32-23-14-12-22(31)13-15-23)28(21-10-16-25(38-2)17-11-21)27-9-6-18-34(27)29(26)36(33-20)24-7-4-3-5-8-24/h3-18,28H,19H2,1-2H3,(H,32,37)/t28-/m1/s1. The van der Waals surface area contributed by atoms with Crippen LogP contribution in [0.15, 0.2) is 102 Å². The zero-order valence-electron chi connectivity index (χ0n) is 21.0. The summed E-state index contributed by atoms with van der Waals surface area (Å²) in [6, 6.07) is 27.6. The number of anilines is 1. The summed E-state index contributed by atoms with van der Waals surface area (Å²) >= 11 is 1.68. The summed E-state index contributed by atoms with van der Waals surface area (Å²) in [6.07, 6.45) is 4.07. The predicted octanol–water partition coefficient (Wildman–Crippen LogP) is 6.97. The van der Waals surface area contributed by atoms with Crippen LogP contribution in [0, 0.1) is 12.7 Å². The SMILES string of the molecule is CSc1ccc([C@@H]2c3cccn3-c3c(c(C)nn3-c3ccccc3)CN2C(=O)Nc2ccc(F)cc2)cc1. The van der Waals surface area contributed by atoms with Gasteiger partial charge in [0.1, 0.15) is 11.6 Å². The maximum atomic E-state index is 13.9. The Hall–Kier alpha value is -4.30. The summed E-state index contributed by atoms with van der Waals surface area (Å²) in [5.74, 6) is 0.562. The monoisotopic (exact) mass is 523 g/mol. The molecule has 2 amide bonds. The quantitative estimate of drug-likeness (QED) is 0.259. The Kier molecular flexibility index (Phi) is 6.25. The van der Waals surface area contributed by atoms with Crippen molar-refractivity contribution in [2.24, 2.45) is 0 Å². The van der Waals surface area contributed by atoms with Gasteiger partial charge in [-0.15, -0.1) is 11.8 Å². The molecule has 1 N–H and O–H groups in total. The van der Waals surface area contributed by atoms with Crippen LogP contribution in [0.4, 0.5) is 14.9 Å². The number of nitrogens with zero attached hydrogens (tertiary/aromatic N) is 4. The largest absolute Gasteiger partial charge is 0.322 e. The fourth-order valence-corrected chi connectivity index (χ4v) is 5.42. The lowest BCUT2D eigenvalue weighted by Gasteiger charge is -2.31. The molecule has 38 heavy (non-hydrogen) atoms. The fraction of sp³-hybridized carbons (Fsp3) is 0.133. The van der Waals surface area contributed by atoms with E-state index in [2.05, 4.69) is 40.2 Å². The highest BCUT2D eigenvalue weighted by Crippen LogP contribution is 2.39. The second-order valence-corrected chi connectivity index (χ2v) is 10.1. The molecule has 3 heterocycles. The van der Waals surface area contributed by atoms with Gasteiger partial charge in [0.15, 0.2) is 0 Å². The number of nitrogens with one attached hydrogen (secondary N) is 1. The van der Waals surface area contributed by atoms with E-state index in [-0.39, 0.29) is 17.9 Å². The topological polar surface area (TPSA) is 55.1 Å². The second-order valence-electron chi connectivity index (χ2n) is 9.18. The number of hydrogen-bond donors (Lipinski definition) is 1. The Morgan fingerprint density at radius 1 is 0.974 bits per heavy atom. The van der Waals surface area contributed by atoms with Crippen molar-refractivity contribution in [3.05, 3.63) is 126 Å². The number of fused-ring (bicyclic) bond motifs is 3. The van der Waals surface area contributed by atoms with Crippen LogP contribution in [0.2, 0.25) is 0 Å². The molecule has 0 radical (unpaired) electrons. The molecule has 2 aromatic heterocycles. The maximum Gasteiger partial charge on any atom is 0.322 e. The molecule has 0 fully saturated rings. The number of aryl methyl sites for hydroxylation is 1. The predicted molar refractivity (Wildman–Crippen MR) is 149 cm³/mol. The molecule has 0 saturated carbocycles. The highest BCUT2D eigenvalue weighted by molar-refractivity contribution is 7.98. The minimum Gasteiger partial charge on any atom is -0.308 e. The Morgan fingerprint density at radius 2 is 1.71 bits per heavy atom. The third-order valence-corrected chi connectivity index (χ3v) is 7.62. The summed E-state index contributed by atoms with van der Waals surface area (Å²) in [4.78, 5) is 16.9. The van der Waals surface area contributed by atoms with Gasteiger partial charge in [-0.1, -0.05) is 30.3 Å². The van der Waals surface area contributed by atoms with Crippen molar-refractivity contribution >= 4 is 23.5 Å². The molecule has 1 aliphatic heterocycles. The van der Waals surface area contributed by atoms with E-state index in [4.69, 9.17) is 5.10 Å². The van der Waals surface area contributed by atoms with Crippen LogP contribution in [0.25, 0.3) is 11.5 Å². The van der Waals surface area contributed by atoms with Gasteiger partial charge in [-0.2, -0.15) is 5.10 Å². The first-order valence-electron chi connectivity index (χ1n) is 12.3. The van der Waals surface area contributed by atoms with Gasteiger partial charge in [0.2, 0.25) is 0 Å². The molecule has 8 heteroatoms. The van der Waals surface area contributed by atoms with Crippen LogP contribution in [-0.2, 0) is 6.54 Å². The van der Waals surface area contributed by atoms with Crippen LogP contribution in [0.3, 0.4) is 0 Å². The van der Waals surface area contributed by atoms with Gasteiger partial charge in [-0.3, -0.25) is 0 Å². The molecule has 0 spiro atoms. The first kappa shape index (κ1) is 24.1. The average molecular weight is 524 g/mol. The number of carbonyl (C=O) groups excluding carboxylic acids is 1. The average Bonchev–Trinajstić information content (AvgIpc) is 3.51. The van der Waals surface area contributed by atoms with Gasteiger partial charge < -0.3 is 14.8 Å². The van der Waals surface area contributed by atoms with Crippen molar-refractivity contribution in [2.75, 3.05) is 11.6 Å².